The number of urea groups is 1. The molecule has 2 amide bonds. The zero-order valence-corrected chi connectivity index (χ0v) is 13.0. The molecule has 0 saturated heterocycles. The van der Waals surface area contributed by atoms with Crippen LogP contribution in [0.5, 0.6) is 0 Å². The van der Waals surface area contributed by atoms with Crippen LogP contribution in [0.2, 0.25) is 0 Å². The Morgan fingerprint density at radius 3 is 2.26 bits per heavy atom. The van der Waals surface area contributed by atoms with Gasteiger partial charge in [0.25, 0.3) is 0 Å². The van der Waals surface area contributed by atoms with Crippen molar-refractivity contribution in [3.8, 4) is 0 Å². The van der Waals surface area contributed by atoms with E-state index in [1.165, 1.54) is 6.92 Å². The Balaban J connectivity index is 1.90. The molecular weight excluding hydrogens is 292 g/mol. The van der Waals surface area contributed by atoms with Gasteiger partial charge in [-0.3, -0.25) is 4.79 Å². The average Bonchev–Trinajstić information content (AvgIpc) is 2.55. The molecule has 0 aliphatic carbocycles. The first-order valence-electron chi connectivity index (χ1n) is 7.42. The van der Waals surface area contributed by atoms with E-state index in [-0.39, 0.29) is 18.4 Å². The third kappa shape index (κ3) is 5.23. The summed E-state index contributed by atoms with van der Waals surface area (Å²) in [6, 6.07) is 15.5. The van der Waals surface area contributed by atoms with Crippen LogP contribution in [0, 0.1) is 0 Å². The molecule has 0 aromatic heterocycles. The number of rotatable bonds is 6. The monoisotopic (exact) mass is 312 g/mol. The molecule has 0 fully saturated rings. The summed E-state index contributed by atoms with van der Waals surface area (Å²) in [6.45, 7) is 1.34. The Labute approximate surface area is 135 Å². The first kappa shape index (κ1) is 16.7. The molecule has 120 valence electrons. The molecule has 1 atom stereocenters. The zero-order valence-electron chi connectivity index (χ0n) is 13.0. The smallest absolute Gasteiger partial charge is 0.319 e. The highest BCUT2D eigenvalue weighted by Gasteiger charge is 2.12. The summed E-state index contributed by atoms with van der Waals surface area (Å²) >= 11 is 0. The summed E-state index contributed by atoms with van der Waals surface area (Å²) in [7, 11) is 0. The van der Waals surface area contributed by atoms with Crippen LogP contribution in [0.3, 0.4) is 0 Å². The number of ketones is 1. The van der Waals surface area contributed by atoms with Crippen LogP contribution in [-0.2, 0) is 6.42 Å². The van der Waals surface area contributed by atoms with Crippen LogP contribution in [-0.4, -0.2) is 29.6 Å². The Morgan fingerprint density at radius 2 is 1.70 bits per heavy atom. The van der Waals surface area contributed by atoms with Gasteiger partial charge in [0, 0.05) is 11.3 Å². The Hall–Kier alpha value is -2.66. The lowest BCUT2D eigenvalue weighted by Gasteiger charge is -2.17. The molecule has 0 bridgehead atoms. The van der Waals surface area contributed by atoms with Gasteiger partial charge in [0.1, 0.15) is 0 Å². The molecule has 2 rings (SSSR count). The Morgan fingerprint density at radius 1 is 1.04 bits per heavy atom. The van der Waals surface area contributed by atoms with E-state index in [2.05, 4.69) is 10.6 Å². The number of amides is 2. The Kier molecular flexibility index (Phi) is 5.88. The van der Waals surface area contributed by atoms with E-state index in [0.717, 1.165) is 5.56 Å². The van der Waals surface area contributed by atoms with Gasteiger partial charge in [-0.15, -0.1) is 0 Å². The first-order valence-corrected chi connectivity index (χ1v) is 7.42. The number of aliphatic hydroxyl groups excluding tert-OH is 1. The summed E-state index contributed by atoms with van der Waals surface area (Å²) in [5.74, 6) is -0.0239. The van der Waals surface area contributed by atoms with Crippen molar-refractivity contribution in [2.75, 3.05) is 11.9 Å². The summed E-state index contributed by atoms with van der Waals surface area (Å²) in [5, 5.41) is 14.8. The summed E-state index contributed by atoms with van der Waals surface area (Å²) in [6.07, 6.45) is 0.550. The summed E-state index contributed by atoms with van der Waals surface area (Å²) in [5.41, 5.74) is 2.22. The van der Waals surface area contributed by atoms with Crippen molar-refractivity contribution >= 4 is 17.5 Å². The van der Waals surface area contributed by atoms with Crippen LogP contribution >= 0.6 is 0 Å². The largest absolute Gasteiger partial charge is 0.394 e. The number of carbonyl (C=O) groups is 2. The number of Topliss-reactive ketones (excluding diaryl/α,β-unsaturated/α-hetero) is 1. The molecule has 3 N–H and O–H groups in total. The van der Waals surface area contributed by atoms with Gasteiger partial charge in [0.15, 0.2) is 5.78 Å². The highest BCUT2D eigenvalue weighted by atomic mass is 16.3. The van der Waals surface area contributed by atoms with Crippen molar-refractivity contribution in [3.63, 3.8) is 0 Å². The van der Waals surface area contributed by atoms with E-state index in [1.54, 1.807) is 24.3 Å². The number of carbonyl (C=O) groups excluding carboxylic acids is 2. The van der Waals surface area contributed by atoms with Crippen LogP contribution in [0.15, 0.2) is 54.6 Å². The molecule has 0 aliphatic heterocycles. The molecule has 1 unspecified atom stereocenters. The number of aliphatic hydroxyl groups is 1. The topological polar surface area (TPSA) is 78.4 Å². The number of nitrogens with one attached hydrogen (secondary N) is 2. The van der Waals surface area contributed by atoms with Gasteiger partial charge in [-0.25, -0.2) is 4.79 Å². The van der Waals surface area contributed by atoms with Crippen molar-refractivity contribution in [2.24, 2.45) is 0 Å². The Bertz CT molecular complexity index is 654. The normalized spacial score (nSPS) is 11.6. The van der Waals surface area contributed by atoms with Crippen molar-refractivity contribution in [2.45, 2.75) is 19.4 Å². The SMILES string of the molecule is CC(=O)c1ccc(NC(=O)NC(CO)Cc2ccccc2)cc1. The predicted molar refractivity (Wildman–Crippen MR) is 89.6 cm³/mol. The van der Waals surface area contributed by atoms with E-state index in [9.17, 15) is 14.7 Å². The average molecular weight is 312 g/mol. The van der Waals surface area contributed by atoms with Crippen LogP contribution < -0.4 is 10.6 Å². The van der Waals surface area contributed by atoms with Gasteiger partial charge in [-0.1, -0.05) is 30.3 Å². The highest BCUT2D eigenvalue weighted by Crippen LogP contribution is 2.10. The molecule has 0 radical (unpaired) electrons. The number of anilines is 1. The van der Waals surface area contributed by atoms with E-state index < -0.39 is 6.03 Å². The van der Waals surface area contributed by atoms with Gasteiger partial charge >= 0.3 is 6.03 Å². The van der Waals surface area contributed by atoms with Gasteiger partial charge in [0.2, 0.25) is 0 Å². The number of benzene rings is 2. The van der Waals surface area contributed by atoms with Gasteiger partial charge in [-0.05, 0) is 43.2 Å². The zero-order chi connectivity index (χ0) is 16.7. The molecule has 0 heterocycles. The molecule has 5 heteroatoms. The standard InChI is InChI=1S/C18H20N2O3/c1-13(22)15-7-9-16(10-8-15)19-18(23)20-17(12-21)11-14-5-3-2-4-6-14/h2-10,17,21H,11-12H2,1H3,(H2,19,20,23). The lowest BCUT2D eigenvalue weighted by atomic mass is 10.1. The lowest BCUT2D eigenvalue weighted by Crippen LogP contribution is -2.41. The molecular formula is C18H20N2O3. The van der Waals surface area contributed by atoms with E-state index in [0.29, 0.717) is 17.7 Å². The fourth-order valence-corrected chi connectivity index (χ4v) is 2.20. The maximum Gasteiger partial charge on any atom is 0.319 e. The third-order valence-electron chi connectivity index (χ3n) is 3.43. The minimum Gasteiger partial charge on any atom is -0.394 e. The van der Waals surface area contributed by atoms with E-state index >= 15 is 0 Å². The minimum atomic E-state index is -0.393. The molecule has 2 aromatic rings. The quantitative estimate of drug-likeness (QED) is 0.717. The maximum atomic E-state index is 12.0. The summed E-state index contributed by atoms with van der Waals surface area (Å²) in [4.78, 5) is 23.2. The van der Waals surface area contributed by atoms with Crippen molar-refractivity contribution < 1.29 is 14.7 Å². The molecule has 2 aromatic carbocycles. The van der Waals surface area contributed by atoms with Gasteiger partial charge < -0.3 is 15.7 Å². The molecule has 0 aliphatic rings. The maximum absolute atomic E-state index is 12.0. The van der Waals surface area contributed by atoms with Crippen molar-refractivity contribution in [3.05, 3.63) is 65.7 Å². The number of hydrogen-bond donors (Lipinski definition) is 3. The van der Waals surface area contributed by atoms with Gasteiger partial charge in [0.05, 0.1) is 12.6 Å². The van der Waals surface area contributed by atoms with E-state index in [4.69, 9.17) is 0 Å². The molecule has 5 nitrogen and oxygen atoms in total. The van der Waals surface area contributed by atoms with Crippen LogP contribution in [0.4, 0.5) is 10.5 Å². The first-order chi connectivity index (χ1) is 11.1. The van der Waals surface area contributed by atoms with Crippen molar-refractivity contribution in [1.82, 2.24) is 5.32 Å². The lowest BCUT2D eigenvalue weighted by molar-refractivity contribution is 0.101. The second-order valence-electron chi connectivity index (χ2n) is 5.30. The third-order valence-corrected chi connectivity index (χ3v) is 3.43. The van der Waals surface area contributed by atoms with Crippen molar-refractivity contribution in [1.29, 1.82) is 0 Å². The summed E-state index contributed by atoms with van der Waals surface area (Å²) < 4.78 is 0. The second kappa shape index (κ2) is 8.10. The highest BCUT2D eigenvalue weighted by molar-refractivity contribution is 5.95. The fraction of sp³-hybridized carbons (Fsp3) is 0.222. The molecule has 0 saturated carbocycles. The second-order valence-corrected chi connectivity index (χ2v) is 5.30. The minimum absolute atomic E-state index is 0.0239. The van der Waals surface area contributed by atoms with Gasteiger partial charge in [-0.2, -0.15) is 0 Å². The molecule has 23 heavy (non-hydrogen) atoms. The molecule has 0 spiro atoms. The predicted octanol–water partition coefficient (Wildman–Crippen LogP) is 2.61. The van der Waals surface area contributed by atoms with E-state index in [1.807, 2.05) is 30.3 Å². The van der Waals surface area contributed by atoms with Crippen LogP contribution in [0.1, 0.15) is 22.8 Å². The fourth-order valence-electron chi connectivity index (χ4n) is 2.20. The number of hydrogen-bond acceptors (Lipinski definition) is 3. The van der Waals surface area contributed by atoms with Crippen LogP contribution in [0.25, 0.3) is 0 Å².